The summed E-state index contributed by atoms with van der Waals surface area (Å²) in [6.45, 7) is 5.84. The zero-order chi connectivity index (χ0) is 17.3. The lowest BCUT2D eigenvalue weighted by Gasteiger charge is -2.35. The number of halogens is 1. The Hall–Kier alpha value is -2.46. The van der Waals surface area contributed by atoms with Crippen LogP contribution in [0.5, 0.6) is 0 Å². The van der Waals surface area contributed by atoms with E-state index in [0.29, 0.717) is 0 Å². The molecule has 0 amide bonds. The molecule has 24 heavy (non-hydrogen) atoms. The molecule has 0 aliphatic carbocycles. The van der Waals surface area contributed by atoms with Gasteiger partial charge in [0.2, 0.25) is 0 Å². The Labute approximate surface area is 141 Å². The molecule has 0 radical (unpaired) electrons. The number of hydrogen-bond acceptors (Lipinski definition) is 2. The van der Waals surface area contributed by atoms with Crippen molar-refractivity contribution in [1.82, 2.24) is 9.78 Å². The lowest BCUT2D eigenvalue weighted by Crippen LogP contribution is -2.37. The van der Waals surface area contributed by atoms with E-state index in [2.05, 4.69) is 5.10 Å². The second-order valence-electron chi connectivity index (χ2n) is 6.31. The minimum absolute atomic E-state index is 0.419. The van der Waals surface area contributed by atoms with Gasteiger partial charge in [0.15, 0.2) is 5.82 Å². The van der Waals surface area contributed by atoms with Crippen LogP contribution >= 0.6 is 0 Å². The lowest BCUT2D eigenvalue weighted by molar-refractivity contribution is 0.0246. The molecule has 0 saturated heterocycles. The Morgan fingerprint density at radius 3 is 1.79 bits per heavy atom. The largest absolute Gasteiger partial charge is 0.378 e. The Kier molecular flexibility index (Phi) is 4.24. The van der Waals surface area contributed by atoms with E-state index in [1.54, 1.807) is 0 Å². The predicted molar refractivity (Wildman–Crippen MR) is 92.3 cm³/mol. The number of aliphatic hydroxyl groups is 1. The number of nitrogens with zero attached hydrogens (tertiary/aromatic N) is 2. The molecule has 4 heteroatoms. The summed E-state index contributed by atoms with van der Waals surface area (Å²) in [6.07, 6.45) is 2.46. The smallest absolute Gasteiger partial charge is 0.161 e. The number of benzene rings is 2. The topological polar surface area (TPSA) is 38.0 Å². The van der Waals surface area contributed by atoms with Crippen molar-refractivity contribution >= 4 is 0 Å². The van der Waals surface area contributed by atoms with E-state index < -0.39 is 17.5 Å². The van der Waals surface area contributed by atoms with E-state index in [4.69, 9.17) is 0 Å². The van der Waals surface area contributed by atoms with Crippen LogP contribution < -0.4 is 0 Å². The summed E-state index contributed by atoms with van der Waals surface area (Å²) in [5.41, 5.74) is 2.41. The zero-order valence-electron chi connectivity index (χ0n) is 14.1. The van der Waals surface area contributed by atoms with Crippen LogP contribution in [0.2, 0.25) is 0 Å². The highest BCUT2D eigenvalue weighted by atomic mass is 19.1. The average molecular weight is 324 g/mol. The van der Waals surface area contributed by atoms with E-state index in [-0.39, 0.29) is 0 Å². The van der Waals surface area contributed by atoms with Crippen LogP contribution in [0.3, 0.4) is 0 Å². The molecule has 0 unspecified atom stereocenters. The van der Waals surface area contributed by atoms with E-state index in [1.807, 2.05) is 69.3 Å². The van der Waals surface area contributed by atoms with E-state index in [0.717, 1.165) is 28.5 Å². The second kappa shape index (κ2) is 6.21. The first kappa shape index (κ1) is 16.4. The summed E-state index contributed by atoms with van der Waals surface area (Å²) >= 11 is 0. The summed E-state index contributed by atoms with van der Waals surface area (Å²) < 4.78 is 14.9. The minimum Gasteiger partial charge on any atom is -0.378 e. The van der Waals surface area contributed by atoms with Crippen molar-refractivity contribution in [3.8, 4) is 0 Å². The van der Waals surface area contributed by atoms with Crippen molar-refractivity contribution in [1.29, 1.82) is 0 Å². The van der Waals surface area contributed by atoms with Gasteiger partial charge in [-0.3, -0.25) is 4.68 Å². The maximum Gasteiger partial charge on any atom is 0.161 e. The van der Waals surface area contributed by atoms with Gasteiger partial charge in [-0.1, -0.05) is 59.7 Å². The van der Waals surface area contributed by atoms with Crippen LogP contribution in [0.25, 0.3) is 0 Å². The molecule has 1 heterocycles. The number of aryl methyl sites for hydroxylation is 2. The molecule has 1 N–H and O–H groups in total. The summed E-state index contributed by atoms with van der Waals surface area (Å²) in [4.78, 5) is 0. The lowest BCUT2D eigenvalue weighted by atomic mass is 9.80. The molecule has 0 spiro atoms. The fourth-order valence-corrected chi connectivity index (χ4v) is 2.98. The third-order valence-corrected chi connectivity index (χ3v) is 4.55. The van der Waals surface area contributed by atoms with Crippen molar-refractivity contribution in [3.05, 3.63) is 89.0 Å². The van der Waals surface area contributed by atoms with Gasteiger partial charge < -0.3 is 5.11 Å². The van der Waals surface area contributed by atoms with Gasteiger partial charge in [-0.2, -0.15) is 5.10 Å². The van der Waals surface area contributed by atoms with Crippen LogP contribution in [0, 0.1) is 19.7 Å². The van der Waals surface area contributed by atoms with Crippen LogP contribution in [-0.2, 0) is 5.60 Å². The third-order valence-electron chi connectivity index (χ3n) is 4.55. The Bertz CT molecular complexity index is 776. The second-order valence-corrected chi connectivity index (χ2v) is 6.31. The molecule has 1 aromatic heterocycles. The molecular weight excluding hydrogens is 303 g/mol. The fraction of sp³-hybridized carbons (Fsp3) is 0.250. The SMILES string of the molecule is Cc1ccc(C(O)(c2ccc(C)cc2)[C@@H](C)n2cc(F)cn2)cc1. The van der Waals surface area contributed by atoms with Crippen molar-refractivity contribution in [2.45, 2.75) is 32.4 Å². The Morgan fingerprint density at radius 1 is 0.958 bits per heavy atom. The van der Waals surface area contributed by atoms with Gasteiger partial charge >= 0.3 is 0 Å². The van der Waals surface area contributed by atoms with E-state index >= 15 is 0 Å². The standard InChI is InChI=1S/C20H21FN2O/c1-14-4-8-17(9-5-14)20(24,18-10-6-15(2)7-11-18)16(3)23-13-19(21)12-22-23/h4-13,16,24H,1-3H3/t16-/m1/s1. The molecule has 0 bridgehead atoms. The number of rotatable bonds is 4. The number of hydrogen-bond donors (Lipinski definition) is 1. The minimum atomic E-state index is -1.32. The van der Waals surface area contributed by atoms with Crippen molar-refractivity contribution in [2.75, 3.05) is 0 Å². The normalized spacial score (nSPS) is 13.0. The highest BCUT2D eigenvalue weighted by Gasteiger charge is 2.39. The van der Waals surface area contributed by atoms with Crippen molar-refractivity contribution in [3.63, 3.8) is 0 Å². The van der Waals surface area contributed by atoms with Gasteiger partial charge in [-0.25, -0.2) is 4.39 Å². The monoisotopic (exact) mass is 324 g/mol. The first-order chi connectivity index (χ1) is 11.4. The van der Waals surface area contributed by atoms with Gasteiger partial charge in [0.05, 0.1) is 18.4 Å². The maximum absolute atomic E-state index is 13.4. The summed E-state index contributed by atoms with van der Waals surface area (Å²) in [5, 5.41) is 15.7. The van der Waals surface area contributed by atoms with E-state index in [9.17, 15) is 9.50 Å². The van der Waals surface area contributed by atoms with Crippen LogP contribution in [0.1, 0.15) is 35.2 Å². The highest BCUT2D eigenvalue weighted by molar-refractivity contribution is 5.39. The zero-order valence-corrected chi connectivity index (χ0v) is 14.1. The van der Waals surface area contributed by atoms with Crippen LogP contribution in [-0.4, -0.2) is 14.9 Å². The summed E-state index contributed by atoms with van der Waals surface area (Å²) in [5.74, 6) is -0.419. The molecule has 0 aliphatic heterocycles. The van der Waals surface area contributed by atoms with Crippen molar-refractivity contribution < 1.29 is 9.50 Å². The first-order valence-corrected chi connectivity index (χ1v) is 7.97. The van der Waals surface area contributed by atoms with E-state index in [1.165, 1.54) is 10.9 Å². The average Bonchev–Trinajstić information content (AvgIpc) is 3.01. The molecule has 3 rings (SSSR count). The van der Waals surface area contributed by atoms with Crippen LogP contribution in [0.15, 0.2) is 60.9 Å². The Balaban J connectivity index is 2.16. The van der Waals surface area contributed by atoms with Gasteiger partial charge in [0, 0.05) is 0 Å². The van der Waals surface area contributed by atoms with Crippen LogP contribution in [0.4, 0.5) is 4.39 Å². The first-order valence-electron chi connectivity index (χ1n) is 7.97. The number of aromatic nitrogens is 2. The molecule has 3 aromatic rings. The predicted octanol–water partition coefficient (Wildman–Crippen LogP) is 4.14. The molecular formula is C20H21FN2O. The summed E-state index contributed by atoms with van der Waals surface area (Å²) in [6, 6.07) is 15.0. The molecule has 1 atom stereocenters. The molecule has 124 valence electrons. The van der Waals surface area contributed by atoms with Crippen molar-refractivity contribution in [2.24, 2.45) is 0 Å². The molecule has 0 aliphatic rings. The maximum atomic E-state index is 13.4. The third kappa shape index (κ3) is 2.85. The van der Waals surface area contributed by atoms with Gasteiger partial charge in [-0.15, -0.1) is 0 Å². The molecule has 2 aromatic carbocycles. The quantitative estimate of drug-likeness (QED) is 0.783. The molecule has 0 saturated carbocycles. The fourth-order valence-electron chi connectivity index (χ4n) is 2.98. The molecule has 0 fully saturated rings. The Morgan fingerprint density at radius 2 is 1.42 bits per heavy atom. The van der Waals surface area contributed by atoms with Gasteiger partial charge in [0.1, 0.15) is 5.60 Å². The van der Waals surface area contributed by atoms with Gasteiger partial charge in [0.25, 0.3) is 0 Å². The highest BCUT2D eigenvalue weighted by Crippen LogP contribution is 2.39. The summed E-state index contributed by atoms with van der Waals surface area (Å²) in [7, 11) is 0. The van der Waals surface area contributed by atoms with Gasteiger partial charge in [-0.05, 0) is 31.9 Å². The molecule has 3 nitrogen and oxygen atoms in total.